The first-order chi connectivity index (χ1) is 8.06. The van der Waals surface area contributed by atoms with Crippen LogP contribution in [0.15, 0.2) is 18.3 Å². The molecule has 1 atom stereocenters. The number of hydrogen-bond donors (Lipinski definition) is 2. The van der Waals surface area contributed by atoms with Crippen molar-refractivity contribution in [1.29, 1.82) is 0 Å². The predicted molar refractivity (Wildman–Crippen MR) is 68.8 cm³/mol. The van der Waals surface area contributed by atoms with E-state index in [0.717, 1.165) is 30.8 Å². The van der Waals surface area contributed by atoms with Gasteiger partial charge in [0.05, 0.1) is 6.10 Å². The second kappa shape index (κ2) is 5.02. The van der Waals surface area contributed by atoms with E-state index < -0.39 is 0 Å². The summed E-state index contributed by atoms with van der Waals surface area (Å²) in [7, 11) is 2.04. The molecule has 0 bridgehead atoms. The van der Waals surface area contributed by atoms with Crippen LogP contribution in [0.3, 0.4) is 0 Å². The molecule has 0 amide bonds. The molecule has 1 unspecified atom stereocenters. The van der Waals surface area contributed by atoms with E-state index in [9.17, 15) is 5.11 Å². The second-order valence-electron chi connectivity index (χ2n) is 5.11. The highest BCUT2D eigenvalue weighted by atomic mass is 16.3. The number of nitrogens with two attached hydrogens (primary N) is 1. The highest BCUT2D eigenvalue weighted by Gasteiger charge is 2.28. The Balaban J connectivity index is 1.92. The Morgan fingerprint density at radius 3 is 2.71 bits per heavy atom. The zero-order chi connectivity index (χ0) is 12.4. The summed E-state index contributed by atoms with van der Waals surface area (Å²) in [5.74, 6) is 1.57. The number of aliphatic hydroxyl groups is 1. The molecule has 0 spiro atoms. The first-order valence-electron chi connectivity index (χ1n) is 6.17. The van der Waals surface area contributed by atoms with Crippen LogP contribution in [0.25, 0.3) is 0 Å². The lowest BCUT2D eigenvalue weighted by Gasteiger charge is -2.34. The van der Waals surface area contributed by atoms with Crippen LogP contribution in [0.1, 0.15) is 31.4 Å². The summed E-state index contributed by atoms with van der Waals surface area (Å²) in [5.41, 5.74) is 6.84. The van der Waals surface area contributed by atoms with Gasteiger partial charge in [-0.3, -0.25) is 0 Å². The normalized spacial score (nSPS) is 25.2. The summed E-state index contributed by atoms with van der Waals surface area (Å²) in [6.45, 7) is 2.91. The number of pyridine rings is 1. The van der Waals surface area contributed by atoms with Gasteiger partial charge in [0.2, 0.25) is 0 Å². The van der Waals surface area contributed by atoms with Gasteiger partial charge in [0.1, 0.15) is 5.82 Å². The first kappa shape index (κ1) is 12.3. The van der Waals surface area contributed by atoms with Crippen molar-refractivity contribution in [3.8, 4) is 0 Å². The standard InChI is InChI=1S/C13H21N3O/c1-9(14)11-3-4-13(15-7-11)16(2)8-10-5-12(17)6-10/h3-4,7,9-10,12,17H,5-6,8,14H2,1-2H3. The van der Waals surface area contributed by atoms with Gasteiger partial charge < -0.3 is 15.7 Å². The van der Waals surface area contributed by atoms with Crippen molar-refractivity contribution >= 4 is 5.82 Å². The molecule has 1 aliphatic carbocycles. The topological polar surface area (TPSA) is 62.4 Å². The molecule has 1 aromatic heterocycles. The van der Waals surface area contributed by atoms with E-state index in [0.29, 0.717) is 5.92 Å². The van der Waals surface area contributed by atoms with Crippen LogP contribution in [0.5, 0.6) is 0 Å². The zero-order valence-corrected chi connectivity index (χ0v) is 10.5. The van der Waals surface area contributed by atoms with Crippen LogP contribution >= 0.6 is 0 Å². The fourth-order valence-corrected chi connectivity index (χ4v) is 2.22. The summed E-state index contributed by atoms with van der Waals surface area (Å²) >= 11 is 0. The molecular weight excluding hydrogens is 214 g/mol. The third-order valence-corrected chi connectivity index (χ3v) is 3.43. The average molecular weight is 235 g/mol. The Morgan fingerprint density at radius 2 is 2.24 bits per heavy atom. The van der Waals surface area contributed by atoms with E-state index in [4.69, 9.17) is 5.73 Å². The van der Waals surface area contributed by atoms with Gasteiger partial charge in [0.15, 0.2) is 0 Å². The van der Waals surface area contributed by atoms with Crippen molar-refractivity contribution < 1.29 is 5.11 Å². The molecule has 3 N–H and O–H groups in total. The summed E-state index contributed by atoms with van der Waals surface area (Å²) in [5, 5.41) is 9.25. The van der Waals surface area contributed by atoms with Crippen molar-refractivity contribution in [3.63, 3.8) is 0 Å². The maximum absolute atomic E-state index is 9.25. The van der Waals surface area contributed by atoms with Crippen LogP contribution in [-0.4, -0.2) is 29.8 Å². The third kappa shape index (κ3) is 2.96. The Bertz CT molecular complexity index is 357. The van der Waals surface area contributed by atoms with Crippen molar-refractivity contribution in [1.82, 2.24) is 4.98 Å². The van der Waals surface area contributed by atoms with Crippen molar-refractivity contribution in [2.24, 2.45) is 11.7 Å². The number of nitrogens with zero attached hydrogens (tertiary/aromatic N) is 2. The van der Waals surface area contributed by atoms with Gasteiger partial charge in [0, 0.05) is 25.8 Å². The number of hydrogen-bond acceptors (Lipinski definition) is 4. The molecule has 0 saturated heterocycles. The smallest absolute Gasteiger partial charge is 0.128 e. The van der Waals surface area contributed by atoms with Gasteiger partial charge in [-0.2, -0.15) is 0 Å². The molecule has 94 valence electrons. The summed E-state index contributed by atoms with van der Waals surface area (Å²) < 4.78 is 0. The van der Waals surface area contributed by atoms with Gasteiger partial charge in [-0.05, 0) is 37.3 Å². The van der Waals surface area contributed by atoms with Gasteiger partial charge in [0.25, 0.3) is 0 Å². The lowest BCUT2D eigenvalue weighted by atomic mass is 9.82. The van der Waals surface area contributed by atoms with Crippen LogP contribution in [0.4, 0.5) is 5.82 Å². The van der Waals surface area contributed by atoms with E-state index in [1.165, 1.54) is 0 Å². The van der Waals surface area contributed by atoms with Gasteiger partial charge >= 0.3 is 0 Å². The van der Waals surface area contributed by atoms with E-state index in [1.807, 2.05) is 32.3 Å². The highest BCUT2D eigenvalue weighted by Crippen LogP contribution is 2.28. The van der Waals surface area contributed by atoms with Gasteiger partial charge in [-0.15, -0.1) is 0 Å². The summed E-state index contributed by atoms with van der Waals surface area (Å²) in [4.78, 5) is 6.55. The Hall–Kier alpha value is -1.13. The second-order valence-corrected chi connectivity index (χ2v) is 5.11. The lowest BCUT2D eigenvalue weighted by Crippen LogP contribution is -2.37. The monoisotopic (exact) mass is 235 g/mol. The molecule has 0 aromatic carbocycles. The molecule has 1 saturated carbocycles. The van der Waals surface area contributed by atoms with E-state index in [-0.39, 0.29) is 12.1 Å². The molecule has 2 rings (SSSR count). The minimum Gasteiger partial charge on any atom is -0.393 e. The van der Waals surface area contributed by atoms with Crippen LogP contribution in [0, 0.1) is 5.92 Å². The molecule has 1 aromatic rings. The van der Waals surface area contributed by atoms with Gasteiger partial charge in [-0.1, -0.05) is 6.07 Å². The van der Waals surface area contributed by atoms with Crippen molar-refractivity contribution in [2.45, 2.75) is 31.9 Å². The fraction of sp³-hybridized carbons (Fsp3) is 0.615. The third-order valence-electron chi connectivity index (χ3n) is 3.43. The average Bonchev–Trinajstić information content (AvgIpc) is 2.27. The van der Waals surface area contributed by atoms with Crippen LogP contribution in [-0.2, 0) is 0 Å². The molecule has 17 heavy (non-hydrogen) atoms. The van der Waals surface area contributed by atoms with Crippen molar-refractivity contribution in [2.75, 3.05) is 18.5 Å². The molecule has 1 heterocycles. The van der Waals surface area contributed by atoms with Gasteiger partial charge in [-0.25, -0.2) is 4.98 Å². The summed E-state index contributed by atoms with van der Waals surface area (Å²) in [6, 6.07) is 4.07. The first-order valence-corrected chi connectivity index (χ1v) is 6.17. The maximum Gasteiger partial charge on any atom is 0.128 e. The minimum atomic E-state index is -0.0816. The number of aromatic nitrogens is 1. The number of aliphatic hydroxyl groups excluding tert-OH is 1. The highest BCUT2D eigenvalue weighted by molar-refractivity contribution is 5.38. The fourth-order valence-electron chi connectivity index (χ4n) is 2.22. The summed E-state index contributed by atoms with van der Waals surface area (Å²) in [6.07, 6.45) is 3.60. The molecular formula is C13H21N3O. The minimum absolute atomic E-state index is 0.0311. The maximum atomic E-state index is 9.25. The molecule has 1 fully saturated rings. The quantitative estimate of drug-likeness (QED) is 0.826. The Morgan fingerprint density at radius 1 is 1.53 bits per heavy atom. The van der Waals surface area contributed by atoms with E-state index in [2.05, 4.69) is 9.88 Å². The number of anilines is 1. The lowest BCUT2D eigenvalue weighted by molar-refractivity contribution is 0.0464. The molecule has 4 heteroatoms. The largest absolute Gasteiger partial charge is 0.393 e. The number of rotatable bonds is 4. The van der Waals surface area contributed by atoms with Crippen LogP contribution < -0.4 is 10.6 Å². The molecule has 0 aliphatic heterocycles. The van der Waals surface area contributed by atoms with Crippen LogP contribution in [0.2, 0.25) is 0 Å². The Kier molecular flexibility index (Phi) is 3.64. The van der Waals surface area contributed by atoms with Crippen molar-refractivity contribution in [3.05, 3.63) is 23.9 Å². The SMILES string of the molecule is CC(N)c1ccc(N(C)CC2CC(O)C2)nc1. The molecule has 0 radical (unpaired) electrons. The predicted octanol–water partition coefficient (Wildman–Crippen LogP) is 1.31. The molecule has 4 nitrogen and oxygen atoms in total. The van der Waals surface area contributed by atoms with E-state index in [1.54, 1.807) is 0 Å². The molecule has 1 aliphatic rings. The van der Waals surface area contributed by atoms with E-state index >= 15 is 0 Å². The zero-order valence-electron chi connectivity index (χ0n) is 10.5. The Labute approximate surface area is 102 Å².